The minimum absolute atomic E-state index is 0.260. The molecular weight excluding hydrogens is 206 g/mol. The predicted molar refractivity (Wildman–Crippen MR) is 64.6 cm³/mol. The van der Waals surface area contributed by atoms with E-state index in [1.807, 2.05) is 18.2 Å². The second kappa shape index (κ2) is 4.62. The minimum Gasteiger partial charge on any atom is -0.467 e. The molecule has 2 nitrogen and oxygen atoms in total. The topological polar surface area (TPSA) is 22.1 Å². The fourth-order valence-electron chi connectivity index (χ4n) is 1.54. The number of para-hydroxylation sites is 1. The van der Waals surface area contributed by atoms with E-state index in [0.29, 0.717) is 0 Å². The summed E-state index contributed by atoms with van der Waals surface area (Å²) in [6.07, 6.45) is 2.48. The molecule has 1 aromatic carbocycles. The molecule has 0 saturated carbocycles. The number of aromatic nitrogens is 1. The Bertz CT molecular complexity index is 405. The Morgan fingerprint density at radius 1 is 1.40 bits per heavy atom. The monoisotopic (exact) mass is 221 g/mol. The van der Waals surface area contributed by atoms with E-state index in [4.69, 9.17) is 4.74 Å². The molecule has 0 radical (unpaired) electrons. The van der Waals surface area contributed by atoms with E-state index < -0.39 is 0 Å². The Balaban J connectivity index is 2.15. The van der Waals surface area contributed by atoms with Crippen molar-refractivity contribution in [1.29, 1.82) is 0 Å². The van der Waals surface area contributed by atoms with E-state index in [-0.39, 0.29) is 6.10 Å². The van der Waals surface area contributed by atoms with E-state index in [1.165, 1.54) is 4.70 Å². The predicted octanol–water partition coefficient (Wildman–Crippen LogP) is 3.86. The molecule has 0 N–H and O–H groups in total. The molecular formula is C12H15NOS. The molecule has 3 heteroatoms. The van der Waals surface area contributed by atoms with Gasteiger partial charge in [-0.25, -0.2) is 4.98 Å². The Morgan fingerprint density at radius 2 is 2.20 bits per heavy atom. The van der Waals surface area contributed by atoms with Crippen LogP contribution < -0.4 is 4.74 Å². The fourth-order valence-corrected chi connectivity index (χ4v) is 2.45. The van der Waals surface area contributed by atoms with Crippen LogP contribution in [-0.4, -0.2) is 11.1 Å². The van der Waals surface area contributed by atoms with Crippen LogP contribution in [0, 0.1) is 0 Å². The number of rotatable bonds is 4. The largest absolute Gasteiger partial charge is 0.467 e. The van der Waals surface area contributed by atoms with Gasteiger partial charge in [-0.15, -0.1) is 0 Å². The Morgan fingerprint density at radius 3 is 2.93 bits per heavy atom. The minimum atomic E-state index is 0.260. The van der Waals surface area contributed by atoms with Crippen LogP contribution in [0.15, 0.2) is 24.3 Å². The smallest absolute Gasteiger partial charge is 0.274 e. The highest BCUT2D eigenvalue weighted by Crippen LogP contribution is 2.28. The summed E-state index contributed by atoms with van der Waals surface area (Å²) in [4.78, 5) is 4.43. The molecule has 2 rings (SSSR count). The van der Waals surface area contributed by atoms with Crippen molar-refractivity contribution in [2.75, 3.05) is 0 Å². The van der Waals surface area contributed by atoms with Crippen LogP contribution in [0.25, 0.3) is 10.2 Å². The molecule has 0 amide bonds. The van der Waals surface area contributed by atoms with Crippen molar-refractivity contribution < 1.29 is 4.74 Å². The number of hydrogen-bond donors (Lipinski definition) is 0. The molecule has 0 aliphatic heterocycles. The van der Waals surface area contributed by atoms with Crippen molar-refractivity contribution in [2.24, 2.45) is 0 Å². The second-order valence-electron chi connectivity index (χ2n) is 3.66. The third-order valence-electron chi connectivity index (χ3n) is 2.27. The number of thiazole rings is 1. The molecule has 2 aromatic rings. The van der Waals surface area contributed by atoms with Crippen molar-refractivity contribution in [3.05, 3.63) is 24.3 Å². The van der Waals surface area contributed by atoms with Crippen LogP contribution >= 0.6 is 11.3 Å². The van der Waals surface area contributed by atoms with Gasteiger partial charge in [0.15, 0.2) is 0 Å². The fraction of sp³-hybridized carbons (Fsp3) is 0.417. The van der Waals surface area contributed by atoms with Crippen LogP contribution in [0.5, 0.6) is 5.19 Å². The first-order chi connectivity index (χ1) is 7.29. The third kappa shape index (κ3) is 2.48. The van der Waals surface area contributed by atoms with Gasteiger partial charge in [-0.3, -0.25) is 0 Å². The lowest BCUT2D eigenvalue weighted by Gasteiger charge is -2.09. The summed E-state index contributed by atoms with van der Waals surface area (Å²) in [6, 6.07) is 8.12. The number of hydrogen-bond acceptors (Lipinski definition) is 3. The first kappa shape index (κ1) is 10.4. The van der Waals surface area contributed by atoms with Gasteiger partial charge in [-0.1, -0.05) is 36.8 Å². The zero-order valence-corrected chi connectivity index (χ0v) is 9.88. The van der Waals surface area contributed by atoms with E-state index in [0.717, 1.165) is 23.6 Å². The van der Waals surface area contributed by atoms with Gasteiger partial charge >= 0.3 is 0 Å². The van der Waals surface area contributed by atoms with Crippen molar-refractivity contribution in [1.82, 2.24) is 4.98 Å². The third-order valence-corrected chi connectivity index (χ3v) is 3.20. The number of nitrogens with zero attached hydrogens (tertiary/aromatic N) is 1. The summed E-state index contributed by atoms with van der Waals surface area (Å²) in [5, 5.41) is 0.789. The van der Waals surface area contributed by atoms with Gasteiger partial charge in [0.25, 0.3) is 5.19 Å². The first-order valence-corrected chi connectivity index (χ1v) is 6.13. The van der Waals surface area contributed by atoms with Gasteiger partial charge in [0.2, 0.25) is 0 Å². The Kier molecular flexibility index (Phi) is 3.21. The maximum absolute atomic E-state index is 5.75. The van der Waals surface area contributed by atoms with Gasteiger partial charge in [0.05, 0.1) is 16.3 Å². The summed E-state index contributed by atoms with van der Waals surface area (Å²) in [5.41, 5.74) is 1.03. The van der Waals surface area contributed by atoms with Crippen molar-refractivity contribution >= 4 is 21.6 Å². The summed E-state index contributed by atoms with van der Waals surface area (Å²) < 4.78 is 6.94. The average Bonchev–Trinajstić information content (AvgIpc) is 2.59. The molecule has 0 fully saturated rings. The van der Waals surface area contributed by atoms with Crippen LogP contribution in [0.2, 0.25) is 0 Å². The van der Waals surface area contributed by atoms with E-state index in [1.54, 1.807) is 11.3 Å². The molecule has 0 aliphatic rings. The quantitative estimate of drug-likeness (QED) is 0.782. The SMILES string of the molecule is CCC[C@H](C)Oc1nc2ccccc2s1. The van der Waals surface area contributed by atoms with Crippen LogP contribution in [0.1, 0.15) is 26.7 Å². The molecule has 1 aromatic heterocycles. The maximum Gasteiger partial charge on any atom is 0.274 e. The number of ether oxygens (including phenoxy) is 1. The molecule has 0 saturated heterocycles. The highest BCUT2D eigenvalue weighted by Gasteiger charge is 2.07. The van der Waals surface area contributed by atoms with Crippen LogP contribution in [0.3, 0.4) is 0 Å². The van der Waals surface area contributed by atoms with Crippen LogP contribution in [-0.2, 0) is 0 Å². The highest BCUT2D eigenvalue weighted by molar-refractivity contribution is 7.20. The lowest BCUT2D eigenvalue weighted by atomic mass is 10.2. The molecule has 0 aliphatic carbocycles. The lowest BCUT2D eigenvalue weighted by molar-refractivity contribution is 0.209. The molecule has 0 unspecified atom stereocenters. The Labute approximate surface area is 93.9 Å². The Hall–Kier alpha value is -1.09. The normalized spacial score (nSPS) is 12.9. The maximum atomic E-state index is 5.75. The summed E-state index contributed by atoms with van der Waals surface area (Å²) >= 11 is 1.62. The van der Waals surface area contributed by atoms with Gasteiger partial charge < -0.3 is 4.74 Å². The van der Waals surface area contributed by atoms with E-state index in [2.05, 4.69) is 24.9 Å². The standard InChI is InChI=1S/C12H15NOS/c1-3-6-9(2)14-12-13-10-7-4-5-8-11(10)15-12/h4-5,7-9H,3,6H2,1-2H3/t9-/m0/s1. The molecule has 80 valence electrons. The zero-order valence-electron chi connectivity index (χ0n) is 9.06. The number of benzene rings is 1. The number of fused-ring (bicyclic) bond motifs is 1. The zero-order chi connectivity index (χ0) is 10.7. The van der Waals surface area contributed by atoms with E-state index in [9.17, 15) is 0 Å². The van der Waals surface area contributed by atoms with Gasteiger partial charge in [0, 0.05) is 0 Å². The summed E-state index contributed by atoms with van der Waals surface area (Å²) in [5.74, 6) is 0. The summed E-state index contributed by atoms with van der Waals surface area (Å²) in [6.45, 7) is 4.26. The molecule has 15 heavy (non-hydrogen) atoms. The van der Waals surface area contributed by atoms with Gasteiger partial charge in [0.1, 0.15) is 0 Å². The summed E-state index contributed by atoms with van der Waals surface area (Å²) in [7, 11) is 0. The van der Waals surface area contributed by atoms with Gasteiger partial charge in [-0.05, 0) is 25.5 Å². The van der Waals surface area contributed by atoms with E-state index >= 15 is 0 Å². The molecule has 1 heterocycles. The first-order valence-electron chi connectivity index (χ1n) is 5.32. The van der Waals surface area contributed by atoms with Crippen molar-refractivity contribution in [3.8, 4) is 5.19 Å². The lowest BCUT2D eigenvalue weighted by Crippen LogP contribution is -2.10. The van der Waals surface area contributed by atoms with Crippen molar-refractivity contribution in [2.45, 2.75) is 32.8 Å². The molecule has 0 spiro atoms. The molecule has 0 bridgehead atoms. The highest BCUT2D eigenvalue weighted by atomic mass is 32.1. The van der Waals surface area contributed by atoms with Crippen molar-refractivity contribution in [3.63, 3.8) is 0 Å². The second-order valence-corrected chi connectivity index (χ2v) is 4.66. The molecule has 1 atom stereocenters. The average molecular weight is 221 g/mol. The van der Waals surface area contributed by atoms with Gasteiger partial charge in [-0.2, -0.15) is 0 Å². The van der Waals surface area contributed by atoms with Crippen LogP contribution in [0.4, 0.5) is 0 Å².